The minimum Gasteiger partial charge on any atom is -0.350 e. The predicted octanol–water partition coefficient (Wildman–Crippen LogP) is 1.65. The second-order valence-electron chi connectivity index (χ2n) is 6.64. The Morgan fingerprint density at radius 1 is 1.42 bits per heavy atom. The van der Waals surface area contributed by atoms with E-state index >= 15 is 0 Å². The number of piperidine rings is 1. The molecule has 0 saturated carbocycles. The van der Waals surface area contributed by atoms with Crippen LogP contribution in [0, 0.1) is 11.8 Å². The lowest BCUT2D eigenvalue weighted by Gasteiger charge is -2.31. The highest BCUT2D eigenvalue weighted by Gasteiger charge is 2.26. The molecule has 0 spiro atoms. The van der Waals surface area contributed by atoms with Crippen LogP contribution in [0.2, 0.25) is 0 Å². The van der Waals surface area contributed by atoms with Crippen LogP contribution >= 0.6 is 0 Å². The lowest BCUT2D eigenvalue weighted by molar-refractivity contribution is -0.123. The molecule has 1 saturated heterocycles. The normalized spacial score (nSPS) is 20.3. The van der Waals surface area contributed by atoms with Crippen molar-refractivity contribution in [1.29, 1.82) is 0 Å². The smallest absolute Gasteiger partial charge is 0.220 e. The third-order valence-electron chi connectivity index (χ3n) is 3.99. The molecule has 1 fully saturated rings. The van der Waals surface area contributed by atoms with Crippen LogP contribution < -0.4 is 16.4 Å². The number of rotatable bonds is 7. The molecule has 1 aliphatic rings. The van der Waals surface area contributed by atoms with E-state index in [9.17, 15) is 4.79 Å². The van der Waals surface area contributed by atoms with Crippen molar-refractivity contribution in [3.05, 3.63) is 0 Å². The van der Waals surface area contributed by atoms with Crippen LogP contribution in [0.25, 0.3) is 0 Å². The highest BCUT2D eigenvalue weighted by atomic mass is 16.1. The molecule has 0 aromatic rings. The number of nitrogens with one attached hydrogen (secondary N) is 2. The molecule has 0 bridgehead atoms. The van der Waals surface area contributed by atoms with Gasteiger partial charge in [0.05, 0.1) is 0 Å². The van der Waals surface area contributed by atoms with Crippen molar-refractivity contribution in [3.63, 3.8) is 0 Å². The molecule has 1 amide bonds. The number of hydrogen-bond donors (Lipinski definition) is 3. The molecule has 1 unspecified atom stereocenters. The minimum absolute atomic E-state index is 0.159. The van der Waals surface area contributed by atoms with E-state index in [4.69, 9.17) is 5.73 Å². The summed E-state index contributed by atoms with van der Waals surface area (Å²) in [6, 6.07) is 0. The molecular weight excluding hydrogens is 238 g/mol. The summed E-state index contributed by atoms with van der Waals surface area (Å²) < 4.78 is 0. The minimum atomic E-state index is -0.251. The van der Waals surface area contributed by atoms with Crippen LogP contribution in [0.3, 0.4) is 0 Å². The number of hydrogen-bond acceptors (Lipinski definition) is 3. The number of carbonyl (C=O) groups excluding carboxylic acids is 1. The average molecular weight is 269 g/mol. The highest BCUT2D eigenvalue weighted by Crippen LogP contribution is 2.19. The molecule has 0 radical (unpaired) electrons. The Morgan fingerprint density at radius 2 is 2.05 bits per heavy atom. The van der Waals surface area contributed by atoms with Crippen molar-refractivity contribution in [1.82, 2.24) is 10.6 Å². The van der Waals surface area contributed by atoms with Gasteiger partial charge in [-0.15, -0.1) is 0 Å². The molecule has 112 valence electrons. The third-order valence-corrected chi connectivity index (χ3v) is 3.99. The zero-order valence-electron chi connectivity index (χ0n) is 12.8. The van der Waals surface area contributed by atoms with Crippen molar-refractivity contribution in [3.8, 4) is 0 Å². The standard InChI is InChI=1S/C15H31N3O/c1-12(2)10-15(3,11-16)18-14(19)5-4-13-6-8-17-9-7-13/h12-13,17H,4-11,16H2,1-3H3,(H,18,19). The zero-order valence-corrected chi connectivity index (χ0v) is 12.8. The SMILES string of the molecule is CC(C)CC(C)(CN)NC(=O)CCC1CCNCC1. The first-order chi connectivity index (χ1) is 8.95. The summed E-state index contributed by atoms with van der Waals surface area (Å²) in [5.41, 5.74) is 5.57. The van der Waals surface area contributed by atoms with E-state index in [0.29, 0.717) is 24.8 Å². The van der Waals surface area contributed by atoms with Gasteiger partial charge in [-0.1, -0.05) is 13.8 Å². The quantitative estimate of drug-likeness (QED) is 0.658. The summed E-state index contributed by atoms with van der Waals surface area (Å²) in [7, 11) is 0. The Kier molecular flexibility index (Phi) is 6.80. The topological polar surface area (TPSA) is 67.1 Å². The van der Waals surface area contributed by atoms with Crippen molar-refractivity contribution >= 4 is 5.91 Å². The van der Waals surface area contributed by atoms with Gasteiger partial charge in [-0.05, 0) is 57.5 Å². The van der Waals surface area contributed by atoms with Gasteiger partial charge in [0, 0.05) is 18.5 Å². The van der Waals surface area contributed by atoms with Gasteiger partial charge in [-0.2, -0.15) is 0 Å². The first kappa shape index (κ1) is 16.4. The van der Waals surface area contributed by atoms with Gasteiger partial charge in [-0.3, -0.25) is 4.79 Å². The van der Waals surface area contributed by atoms with E-state index in [2.05, 4.69) is 31.4 Å². The second kappa shape index (κ2) is 7.85. The van der Waals surface area contributed by atoms with E-state index < -0.39 is 0 Å². The Morgan fingerprint density at radius 3 is 2.58 bits per heavy atom. The molecule has 4 nitrogen and oxygen atoms in total. The second-order valence-corrected chi connectivity index (χ2v) is 6.64. The molecule has 1 rings (SSSR count). The van der Waals surface area contributed by atoms with E-state index in [1.165, 1.54) is 12.8 Å². The van der Waals surface area contributed by atoms with Gasteiger partial charge < -0.3 is 16.4 Å². The van der Waals surface area contributed by atoms with Crippen molar-refractivity contribution in [2.45, 2.75) is 58.4 Å². The fourth-order valence-corrected chi connectivity index (χ4v) is 2.99. The molecule has 19 heavy (non-hydrogen) atoms. The fraction of sp³-hybridized carbons (Fsp3) is 0.933. The van der Waals surface area contributed by atoms with E-state index in [1.54, 1.807) is 0 Å². The highest BCUT2D eigenvalue weighted by molar-refractivity contribution is 5.76. The predicted molar refractivity (Wildman–Crippen MR) is 79.9 cm³/mol. The average Bonchev–Trinajstić information content (AvgIpc) is 2.36. The summed E-state index contributed by atoms with van der Waals surface area (Å²) in [5, 5.41) is 6.49. The van der Waals surface area contributed by atoms with Gasteiger partial charge in [0.2, 0.25) is 5.91 Å². The van der Waals surface area contributed by atoms with Crippen LogP contribution in [-0.4, -0.2) is 31.1 Å². The van der Waals surface area contributed by atoms with Gasteiger partial charge in [0.1, 0.15) is 0 Å². The Labute approximate surface area is 117 Å². The third kappa shape index (κ3) is 6.39. The maximum atomic E-state index is 12.1. The van der Waals surface area contributed by atoms with Gasteiger partial charge in [-0.25, -0.2) is 0 Å². The summed E-state index contributed by atoms with van der Waals surface area (Å²) in [4.78, 5) is 12.1. The van der Waals surface area contributed by atoms with Crippen LogP contribution in [0.4, 0.5) is 0 Å². The maximum Gasteiger partial charge on any atom is 0.220 e. The van der Waals surface area contributed by atoms with Crippen molar-refractivity contribution in [2.24, 2.45) is 17.6 Å². The van der Waals surface area contributed by atoms with Gasteiger partial charge in [0.15, 0.2) is 0 Å². The van der Waals surface area contributed by atoms with Crippen molar-refractivity contribution < 1.29 is 4.79 Å². The Hall–Kier alpha value is -0.610. The van der Waals surface area contributed by atoms with Crippen LogP contribution in [0.1, 0.15) is 52.9 Å². The Balaban J connectivity index is 2.31. The molecule has 0 aromatic heterocycles. The van der Waals surface area contributed by atoms with Gasteiger partial charge >= 0.3 is 0 Å². The zero-order chi connectivity index (χ0) is 14.3. The molecule has 1 aliphatic heterocycles. The molecule has 0 aromatic carbocycles. The summed E-state index contributed by atoms with van der Waals surface area (Å²) in [6.45, 7) is 9.07. The lowest BCUT2D eigenvalue weighted by Crippen LogP contribution is -2.52. The Bertz CT molecular complexity index is 275. The van der Waals surface area contributed by atoms with Crippen LogP contribution in [0.5, 0.6) is 0 Å². The number of amides is 1. The van der Waals surface area contributed by atoms with Crippen LogP contribution in [-0.2, 0) is 4.79 Å². The molecule has 1 atom stereocenters. The monoisotopic (exact) mass is 269 g/mol. The van der Waals surface area contributed by atoms with Gasteiger partial charge in [0.25, 0.3) is 0 Å². The van der Waals surface area contributed by atoms with E-state index in [-0.39, 0.29) is 11.4 Å². The van der Waals surface area contributed by atoms with Crippen molar-refractivity contribution in [2.75, 3.05) is 19.6 Å². The molecule has 1 heterocycles. The van der Waals surface area contributed by atoms with E-state index in [1.807, 2.05) is 0 Å². The number of carbonyl (C=O) groups is 1. The van der Waals surface area contributed by atoms with Crippen LogP contribution in [0.15, 0.2) is 0 Å². The molecule has 0 aliphatic carbocycles. The number of nitrogens with two attached hydrogens (primary N) is 1. The summed E-state index contributed by atoms with van der Waals surface area (Å²) >= 11 is 0. The largest absolute Gasteiger partial charge is 0.350 e. The van der Waals surface area contributed by atoms with E-state index in [0.717, 1.165) is 25.9 Å². The maximum absolute atomic E-state index is 12.1. The fourth-order valence-electron chi connectivity index (χ4n) is 2.99. The first-order valence-corrected chi connectivity index (χ1v) is 7.67. The lowest BCUT2D eigenvalue weighted by atomic mass is 9.89. The first-order valence-electron chi connectivity index (χ1n) is 7.67. The molecule has 4 N–H and O–H groups in total. The summed E-state index contributed by atoms with van der Waals surface area (Å²) in [5.74, 6) is 1.41. The molecule has 4 heteroatoms. The molecular formula is C15H31N3O. The summed E-state index contributed by atoms with van der Waals surface area (Å²) in [6.07, 6.45) is 4.98.